The van der Waals surface area contributed by atoms with Gasteiger partial charge in [-0.25, -0.2) is 0 Å². The second-order valence-electron chi connectivity index (χ2n) is 5.11. The van der Waals surface area contributed by atoms with Gasteiger partial charge in [0, 0.05) is 26.2 Å². The summed E-state index contributed by atoms with van der Waals surface area (Å²) in [5, 5.41) is 3.57. The first kappa shape index (κ1) is 14.9. The molecule has 0 aromatic carbocycles. The molecule has 1 fully saturated rings. The van der Waals surface area contributed by atoms with Gasteiger partial charge in [0.2, 0.25) is 0 Å². The molecule has 1 unspecified atom stereocenters. The van der Waals surface area contributed by atoms with E-state index in [9.17, 15) is 4.79 Å². The van der Waals surface area contributed by atoms with Crippen LogP contribution in [0.2, 0.25) is 0 Å². The minimum atomic E-state index is -0.166. The van der Waals surface area contributed by atoms with Crippen LogP contribution >= 0.6 is 11.3 Å². The molecule has 1 atom stereocenters. The standard InChI is InChI=1S/C13H22N4O2S/c1-15-12(18)11-9(14)10(19-4)13(20-11)17-6-5-8(7-17)16(2)3/h8H,5-7,14H2,1-4H3,(H,15,18). The van der Waals surface area contributed by atoms with E-state index in [0.717, 1.165) is 24.5 Å². The number of carbonyl (C=O) groups is 1. The van der Waals surface area contributed by atoms with E-state index in [1.165, 1.54) is 11.3 Å². The van der Waals surface area contributed by atoms with E-state index < -0.39 is 0 Å². The first-order chi connectivity index (χ1) is 9.49. The van der Waals surface area contributed by atoms with E-state index >= 15 is 0 Å². The minimum absolute atomic E-state index is 0.166. The van der Waals surface area contributed by atoms with Gasteiger partial charge in [-0.15, -0.1) is 11.3 Å². The van der Waals surface area contributed by atoms with E-state index in [-0.39, 0.29) is 5.91 Å². The van der Waals surface area contributed by atoms with Crippen molar-refractivity contribution in [3.05, 3.63) is 4.88 Å². The van der Waals surface area contributed by atoms with Crippen LogP contribution in [-0.2, 0) is 0 Å². The van der Waals surface area contributed by atoms with Gasteiger partial charge in [-0.2, -0.15) is 0 Å². The number of hydrogen-bond acceptors (Lipinski definition) is 6. The van der Waals surface area contributed by atoms with E-state index in [1.807, 2.05) is 0 Å². The summed E-state index contributed by atoms with van der Waals surface area (Å²) in [7, 11) is 7.37. The number of nitrogen functional groups attached to an aromatic ring is 1. The van der Waals surface area contributed by atoms with E-state index in [2.05, 4.69) is 29.2 Å². The second-order valence-corrected chi connectivity index (χ2v) is 6.11. The zero-order valence-corrected chi connectivity index (χ0v) is 13.2. The lowest BCUT2D eigenvalue weighted by molar-refractivity contribution is 0.0967. The first-order valence-electron chi connectivity index (χ1n) is 6.59. The van der Waals surface area contributed by atoms with Gasteiger partial charge in [-0.1, -0.05) is 0 Å². The third-order valence-electron chi connectivity index (χ3n) is 3.70. The largest absolute Gasteiger partial charge is 0.492 e. The van der Waals surface area contributed by atoms with Gasteiger partial charge >= 0.3 is 0 Å². The molecule has 0 saturated carbocycles. The molecule has 3 N–H and O–H groups in total. The van der Waals surface area contributed by atoms with E-state index in [1.54, 1.807) is 14.2 Å². The van der Waals surface area contributed by atoms with Crippen LogP contribution in [-0.4, -0.2) is 58.2 Å². The number of amides is 1. The number of nitrogens with zero attached hydrogens (tertiary/aromatic N) is 2. The Balaban J connectivity index is 2.30. The normalized spacial score (nSPS) is 18.6. The van der Waals surface area contributed by atoms with Gasteiger partial charge in [0.1, 0.15) is 15.6 Å². The molecule has 0 spiro atoms. The van der Waals surface area contributed by atoms with Crippen LogP contribution in [0.4, 0.5) is 10.7 Å². The van der Waals surface area contributed by atoms with Crippen LogP contribution < -0.4 is 20.7 Å². The molecule has 1 aliphatic rings. The molecular formula is C13H22N4O2S. The monoisotopic (exact) mass is 298 g/mol. The molecular weight excluding hydrogens is 276 g/mol. The van der Waals surface area contributed by atoms with Gasteiger partial charge in [0.25, 0.3) is 5.91 Å². The summed E-state index contributed by atoms with van der Waals surface area (Å²) in [4.78, 5) is 16.8. The number of methoxy groups -OCH3 is 1. The topological polar surface area (TPSA) is 70.8 Å². The number of thiophene rings is 1. The highest BCUT2D eigenvalue weighted by atomic mass is 32.1. The van der Waals surface area contributed by atoms with Gasteiger partial charge in [-0.05, 0) is 20.5 Å². The molecule has 7 heteroatoms. The Labute approximate surface area is 123 Å². The molecule has 0 bridgehead atoms. The van der Waals surface area contributed by atoms with Crippen LogP contribution in [0.25, 0.3) is 0 Å². The summed E-state index contributed by atoms with van der Waals surface area (Å²) in [6, 6.07) is 0.520. The van der Waals surface area contributed by atoms with Crippen molar-refractivity contribution >= 4 is 27.9 Å². The summed E-state index contributed by atoms with van der Waals surface area (Å²) >= 11 is 1.40. The Hall–Kier alpha value is -1.47. The van der Waals surface area contributed by atoms with Crippen LogP contribution in [0.15, 0.2) is 0 Å². The Morgan fingerprint density at radius 1 is 1.55 bits per heavy atom. The maximum atomic E-state index is 11.8. The molecule has 6 nitrogen and oxygen atoms in total. The average molecular weight is 298 g/mol. The maximum Gasteiger partial charge on any atom is 0.263 e. The zero-order valence-electron chi connectivity index (χ0n) is 12.4. The first-order valence-corrected chi connectivity index (χ1v) is 7.41. The molecule has 0 radical (unpaired) electrons. The molecule has 1 aromatic heterocycles. The van der Waals surface area contributed by atoms with Crippen molar-refractivity contribution in [1.82, 2.24) is 10.2 Å². The highest BCUT2D eigenvalue weighted by molar-refractivity contribution is 7.19. The molecule has 0 aliphatic carbocycles. The number of ether oxygens (including phenoxy) is 1. The molecule has 2 heterocycles. The zero-order chi connectivity index (χ0) is 14.9. The van der Waals surface area contributed by atoms with Crippen LogP contribution in [0.5, 0.6) is 5.75 Å². The summed E-state index contributed by atoms with van der Waals surface area (Å²) in [5.74, 6) is 0.452. The fourth-order valence-electron chi connectivity index (χ4n) is 2.45. The van der Waals surface area contributed by atoms with Crippen molar-refractivity contribution in [3.63, 3.8) is 0 Å². The van der Waals surface area contributed by atoms with Crippen LogP contribution in [0, 0.1) is 0 Å². The van der Waals surface area contributed by atoms with E-state index in [4.69, 9.17) is 10.5 Å². The van der Waals surface area contributed by atoms with Gasteiger partial charge < -0.3 is 25.6 Å². The fraction of sp³-hybridized carbons (Fsp3) is 0.615. The maximum absolute atomic E-state index is 11.8. The van der Waals surface area contributed by atoms with Gasteiger partial charge in [-0.3, -0.25) is 4.79 Å². The number of nitrogens with two attached hydrogens (primary N) is 1. The van der Waals surface area contributed by atoms with Crippen molar-refractivity contribution in [2.45, 2.75) is 12.5 Å². The van der Waals surface area contributed by atoms with Crippen molar-refractivity contribution < 1.29 is 9.53 Å². The summed E-state index contributed by atoms with van der Waals surface area (Å²) in [5.41, 5.74) is 6.47. The van der Waals surface area contributed by atoms with E-state index in [0.29, 0.717) is 22.4 Å². The number of carbonyl (C=O) groups excluding carboxylic acids is 1. The number of rotatable bonds is 4. The molecule has 20 heavy (non-hydrogen) atoms. The van der Waals surface area contributed by atoms with Crippen molar-refractivity contribution in [2.75, 3.05) is 52.0 Å². The average Bonchev–Trinajstić information content (AvgIpc) is 3.02. The lowest BCUT2D eigenvalue weighted by Crippen LogP contribution is -2.31. The molecule has 1 aromatic rings. The van der Waals surface area contributed by atoms with Crippen molar-refractivity contribution in [1.29, 1.82) is 0 Å². The molecule has 2 rings (SSSR count). The summed E-state index contributed by atoms with van der Waals surface area (Å²) < 4.78 is 5.41. The number of nitrogens with one attached hydrogen (secondary N) is 1. The van der Waals surface area contributed by atoms with Crippen molar-refractivity contribution in [3.8, 4) is 5.75 Å². The van der Waals surface area contributed by atoms with Crippen LogP contribution in [0.3, 0.4) is 0 Å². The summed E-state index contributed by atoms with van der Waals surface area (Å²) in [6.45, 7) is 1.88. The van der Waals surface area contributed by atoms with Crippen LogP contribution in [0.1, 0.15) is 16.1 Å². The minimum Gasteiger partial charge on any atom is -0.492 e. The lowest BCUT2D eigenvalue weighted by Gasteiger charge is -2.21. The Bertz CT molecular complexity index is 501. The SMILES string of the molecule is CNC(=O)c1sc(N2CCC(N(C)C)C2)c(OC)c1N. The quantitative estimate of drug-likeness (QED) is 0.862. The Morgan fingerprint density at radius 3 is 2.75 bits per heavy atom. The van der Waals surface area contributed by atoms with Gasteiger partial charge in [0.15, 0.2) is 5.75 Å². The highest BCUT2D eigenvalue weighted by Gasteiger charge is 2.30. The Morgan fingerprint density at radius 2 is 2.25 bits per heavy atom. The van der Waals surface area contributed by atoms with Crippen molar-refractivity contribution in [2.24, 2.45) is 0 Å². The predicted octanol–water partition coefficient (Wildman–Crippen LogP) is 0.839. The third-order valence-corrected chi connectivity index (χ3v) is 4.95. The lowest BCUT2D eigenvalue weighted by atomic mass is 10.2. The highest BCUT2D eigenvalue weighted by Crippen LogP contribution is 2.45. The predicted molar refractivity (Wildman–Crippen MR) is 83.0 cm³/mol. The molecule has 112 valence electrons. The van der Waals surface area contributed by atoms with Gasteiger partial charge in [0.05, 0.1) is 7.11 Å². The molecule has 1 amide bonds. The Kier molecular flexibility index (Phi) is 4.39. The number of anilines is 2. The smallest absolute Gasteiger partial charge is 0.263 e. The summed E-state index contributed by atoms with van der Waals surface area (Å²) in [6.07, 6.45) is 1.10. The number of likely N-dealkylation sites (N-methyl/N-ethyl adjacent to an activating group) is 1. The number of hydrogen-bond donors (Lipinski definition) is 2. The fourth-order valence-corrected chi connectivity index (χ4v) is 3.62. The molecule has 1 saturated heterocycles. The third kappa shape index (κ3) is 2.55. The molecule has 1 aliphatic heterocycles. The second kappa shape index (κ2) is 5.88.